The number of carboxylic acids is 1. The number of alkyl carbamates (subject to hydrolysis) is 1. The fourth-order valence-electron chi connectivity index (χ4n) is 3.54. The zero-order chi connectivity index (χ0) is 25.6. The Morgan fingerprint density at radius 1 is 1.14 bits per heavy atom. The van der Waals surface area contributed by atoms with E-state index in [1.54, 1.807) is 51.1 Å². The van der Waals surface area contributed by atoms with Crippen LogP contribution in [0.1, 0.15) is 64.4 Å². The standard InChI is InChI=1S/C27H29N3O5/c1-5-20(29-26(34)35-27(2,3)4)24-28-21-16-11-13-18(12-9-10-17-22(31)32)23(21)25(33)30(24)19-14-7-6-8-15-19/h6-8,11,13-16,20H,5,10,17H2,1-4H3,(H,29,34)(H,31,32)/t20-/m0/s1. The fraction of sp³-hybridized carbons (Fsp3) is 0.333. The molecule has 0 saturated carbocycles. The number of aliphatic carboxylic acids is 1. The highest BCUT2D eigenvalue weighted by atomic mass is 16.6. The molecule has 3 rings (SSSR count). The number of carboxylic acid groups (broad SMARTS) is 1. The van der Waals surface area contributed by atoms with Gasteiger partial charge in [-0.25, -0.2) is 9.78 Å². The Bertz CT molecular complexity index is 1340. The largest absolute Gasteiger partial charge is 0.481 e. The van der Waals surface area contributed by atoms with Gasteiger partial charge >= 0.3 is 12.1 Å². The molecule has 1 heterocycles. The summed E-state index contributed by atoms with van der Waals surface area (Å²) in [5, 5.41) is 12.0. The molecule has 3 aromatic rings. The van der Waals surface area contributed by atoms with E-state index in [0.717, 1.165) is 0 Å². The first kappa shape index (κ1) is 25.5. The predicted octanol–water partition coefficient (Wildman–Crippen LogP) is 4.58. The third-order valence-corrected chi connectivity index (χ3v) is 5.04. The van der Waals surface area contributed by atoms with Crippen LogP contribution in [-0.4, -0.2) is 32.3 Å². The average Bonchev–Trinajstić information content (AvgIpc) is 2.79. The van der Waals surface area contributed by atoms with Crippen molar-refractivity contribution in [2.24, 2.45) is 0 Å². The first-order valence-corrected chi connectivity index (χ1v) is 11.4. The lowest BCUT2D eigenvalue weighted by Gasteiger charge is -2.24. The lowest BCUT2D eigenvalue weighted by atomic mass is 10.1. The van der Waals surface area contributed by atoms with Gasteiger partial charge in [-0.15, -0.1) is 0 Å². The molecule has 182 valence electrons. The molecule has 0 unspecified atom stereocenters. The Hall–Kier alpha value is -4.12. The van der Waals surface area contributed by atoms with E-state index in [4.69, 9.17) is 14.8 Å². The van der Waals surface area contributed by atoms with E-state index in [2.05, 4.69) is 17.2 Å². The van der Waals surface area contributed by atoms with Crippen molar-refractivity contribution in [1.29, 1.82) is 0 Å². The maximum atomic E-state index is 13.9. The minimum absolute atomic E-state index is 0.0804. The molecular formula is C27H29N3O5. The summed E-state index contributed by atoms with van der Waals surface area (Å²) in [7, 11) is 0. The Kier molecular flexibility index (Phi) is 7.92. The van der Waals surface area contributed by atoms with E-state index >= 15 is 0 Å². The fourth-order valence-corrected chi connectivity index (χ4v) is 3.54. The summed E-state index contributed by atoms with van der Waals surface area (Å²) in [5.74, 6) is 5.20. The molecule has 1 atom stereocenters. The van der Waals surface area contributed by atoms with Gasteiger partial charge in [-0.1, -0.05) is 43.0 Å². The molecule has 0 aliphatic carbocycles. The summed E-state index contributed by atoms with van der Waals surface area (Å²) in [6.45, 7) is 7.22. The molecule has 8 nitrogen and oxygen atoms in total. The number of nitrogens with one attached hydrogen (secondary N) is 1. The number of benzene rings is 2. The number of carbonyl (C=O) groups excluding carboxylic acids is 1. The SMILES string of the molecule is CC[C@H](NC(=O)OC(C)(C)C)c1nc2cccc(C#CCCC(=O)O)c2c(=O)n1-c1ccccc1. The number of fused-ring (bicyclic) bond motifs is 1. The van der Waals surface area contributed by atoms with Crippen LogP contribution in [0.5, 0.6) is 0 Å². The molecule has 0 spiro atoms. The van der Waals surface area contributed by atoms with Crippen LogP contribution in [0.25, 0.3) is 16.6 Å². The first-order valence-electron chi connectivity index (χ1n) is 11.4. The van der Waals surface area contributed by atoms with Crippen molar-refractivity contribution >= 4 is 23.0 Å². The zero-order valence-electron chi connectivity index (χ0n) is 20.3. The molecular weight excluding hydrogens is 446 g/mol. The third-order valence-electron chi connectivity index (χ3n) is 5.04. The molecule has 0 radical (unpaired) electrons. The molecule has 2 N–H and O–H groups in total. The van der Waals surface area contributed by atoms with Crippen LogP contribution >= 0.6 is 0 Å². The second-order valence-electron chi connectivity index (χ2n) is 8.95. The molecule has 8 heteroatoms. The predicted molar refractivity (Wildman–Crippen MR) is 133 cm³/mol. The normalized spacial score (nSPS) is 11.9. The lowest BCUT2D eigenvalue weighted by molar-refractivity contribution is -0.136. The molecule has 35 heavy (non-hydrogen) atoms. The number of amides is 1. The summed E-state index contributed by atoms with van der Waals surface area (Å²) >= 11 is 0. The van der Waals surface area contributed by atoms with E-state index in [-0.39, 0.29) is 18.4 Å². The van der Waals surface area contributed by atoms with Gasteiger partial charge in [-0.3, -0.25) is 14.2 Å². The van der Waals surface area contributed by atoms with Crippen molar-refractivity contribution < 1.29 is 19.4 Å². The van der Waals surface area contributed by atoms with E-state index in [1.165, 1.54) is 4.57 Å². The molecule has 0 aliphatic rings. The number of rotatable bonds is 6. The van der Waals surface area contributed by atoms with E-state index < -0.39 is 23.7 Å². The second kappa shape index (κ2) is 10.9. The summed E-state index contributed by atoms with van der Waals surface area (Å²) in [6, 6.07) is 13.6. The minimum Gasteiger partial charge on any atom is -0.481 e. The Morgan fingerprint density at radius 3 is 2.49 bits per heavy atom. The molecule has 2 aromatic carbocycles. The van der Waals surface area contributed by atoms with Crippen LogP contribution < -0.4 is 10.9 Å². The summed E-state index contributed by atoms with van der Waals surface area (Å²) in [6.07, 6.45) is -0.0416. The third kappa shape index (κ3) is 6.48. The van der Waals surface area contributed by atoms with Crippen LogP contribution in [0.3, 0.4) is 0 Å². The number of carbonyl (C=O) groups is 2. The number of hydrogen-bond donors (Lipinski definition) is 2. The van der Waals surface area contributed by atoms with E-state index in [9.17, 15) is 14.4 Å². The zero-order valence-corrected chi connectivity index (χ0v) is 20.3. The molecule has 1 amide bonds. The van der Waals surface area contributed by atoms with Gasteiger partial charge in [-0.05, 0) is 51.5 Å². The van der Waals surface area contributed by atoms with Gasteiger partial charge in [0.25, 0.3) is 5.56 Å². The second-order valence-corrected chi connectivity index (χ2v) is 8.95. The maximum Gasteiger partial charge on any atom is 0.408 e. The average molecular weight is 476 g/mol. The van der Waals surface area contributed by atoms with Crippen molar-refractivity contribution in [2.45, 2.75) is 58.6 Å². The number of para-hydroxylation sites is 1. The first-order chi connectivity index (χ1) is 16.6. The highest BCUT2D eigenvalue weighted by Crippen LogP contribution is 2.22. The van der Waals surface area contributed by atoms with Crippen molar-refractivity contribution in [2.75, 3.05) is 0 Å². The summed E-state index contributed by atoms with van der Waals surface area (Å²) in [5.41, 5.74) is 0.497. The molecule has 0 fully saturated rings. The van der Waals surface area contributed by atoms with Crippen molar-refractivity contribution in [3.8, 4) is 17.5 Å². The highest BCUT2D eigenvalue weighted by molar-refractivity contribution is 5.85. The van der Waals surface area contributed by atoms with Gasteiger partial charge in [0, 0.05) is 12.0 Å². The highest BCUT2D eigenvalue weighted by Gasteiger charge is 2.25. The minimum atomic E-state index is -0.932. The van der Waals surface area contributed by atoms with Gasteiger partial charge in [0.05, 0.1) is 29.1 Å². The van der Waals surface area contributed by atoms with Crippen molar-refractivity contribution in [3.63, 3.8) is 0 Å². The Labute approximate surface area is 204 Å². The monoisotopic (exact) mass is 475 g/mol. The van der Waals surface area contributed by atoms with Crippen LogP contribution in [0.2, 0.25) is 0 Å². The maximum absolute atomic E-state index is 13.9. The van der Waals surface area contributed by atoms with Gasteiger partial charge < -0.3 is 15.2 Å². The van der Waals surface area contributed by atoms with Crippen LogP contribution in [-0.2, 0) is 9.53 Å². The number of nitrogens with zero attached hydrogens (tertiary/aromatic N) is 2. The smallest absolute Gasteiger partial charge is 0.408 e. The molecule has 1 aromatic heterocycles. The quantitative estimate of drug-likeness (QED) is 0.505. The number of hydrogen-bond acceptors (Lipinski definition) is 5. The Morgan fingerprint density at radius 2 is 1.86 bits per heavy atom. The lowest BCUT2D eigenvalue weighted by Crippen LogP contribution is -2.37. The molecule has 0 bridgehead atoms. The van der Waals surface area contributed by atoms with Gasteiger partial charge in [0.2, 0.25) is 0 Å². The van der Waals surface area contributed by atoms with E-state index in [0.29, 0.717) is 34.4 Å². The number of aromatic nitrogens is 2. The summed E-state index contributed by atoms with van der Waals surface area (Å²) < 4.78 is 6.90. The summed E-state index contributed by atoms with van der Waals surface area (Å²) in [4.78, 5) is 42.0. The number of ether oxygens (including phenoxy) is 1. The van der Waals surface area contributed by atoms with Gasteiger partial charge in [-0.2, -0.15) is 0 Å². The topological polar surface area (TPSA) is 111 Å². The van der Waals surface area contributed by atoms with Crippen molar-refractivity contribution in [1.82, 2.24) is 14.9 Å². The molecule has 0 aliphatic heterocycles. The molecule has 0 saturated heterocycles. The van der Waals surface area contributed by atoms with Crippen LogP contribution in [0.4, 0.5) is 4.79 Å². The van der Waals surface area contributed by atoms with E-state index in [1.807, 2.05) is 25.1 Å². The van der Waals surface area contributed by atoms with Crippen molar-refractivity contribution in [3.05, 3.63) is 70.3 Å². The van der Waals surface area contributed by atoms with Crippen LogP contribution in [0, 0.1) is 11.8 Å². The van der Waals surface area contributed by atoms with Gasteiger partial charge in [0.15, 0.2) is 0 Å². The van der Waals surface area contributed by atoms with Gasteiger partial charge in [0.1, 0.15) is 11.4 Å². The Balaban J connectivity index is 2.19. The van der Waals surface area contributed by atoms with Crippen LogP contribution in [0.15, 0.2) is 53.3 Å².